The van der Waals surface area contributed by atoms with Gasteiger partial charge in [-0.25, -0.2) is 0 Å². The number of carbonyl (C=O) groups is 2. The quantitative estimate of drug-likeness (QED) is 0.687. The predicted molar refractivity (Wildman–Crippen MR) is 82.2 cm³/mol. The van der Waals surface area contributed by atoms with Gasteiger partial charge in [0.2, 0.25) is 5.91 Å². The van der Waals surface area contributed by atoms with Gasteiger partial charge in [-0.3, -0.25) is 14.9 Å². The number of amides is 1. The molecule has 2 atom stereocenters. The van der Waals surface area contributed by atoms with Crippen molar-refractivity contribution in [2.24, 2.45) is 0 Å². The number of halogens is 1. The van der Waals surface area contributed by atoms with E-state index in [1.807, 2.05) is 25.1 Å². The molecule has 6 heteroatoms. The zero-order valence-corrected chi connectivity index (χ0v) is 13.0. The molecule has 1 aromatic rings. The molecule has 0 fully saturated rings. The average molecular weight is 313 g/mol. The Hall–Kier alpha value is -1.59. The first-order valence-corrected chi connectivity index (χ1v) is 7.33. The molecular weight excluding hydrogens is 292 g/mol. The predicted octanol–water partition coefficient (Wildman–Crippen LogP) is 2.19. The van der Waals surface area contributed by atoms with E-state index >= 15 is 0 Å². The highest BCUT2D eigenvalue weighted by Crippen LogP contribution is 2.14. The number of benzene rings is 1. The first-order chi connectivity index (χ1) is 9.95. The Morgan fingerprint density at radius 2 is 2.00 bits per heavy atom. The summed E-state index contributed by atoms with van der Waals surface area (Å²) in [6.07, 6.45) is 1.22. The summed E-state index contributed by atoms with van der Waals surface area (Å²) in [5.41, 5.74) is 0.822. The molecule has 0 saturated carbocycles. The highest BCUT2D eigenvalue weighted by molar-refractivity contribution is 6.31. The van der Waals surface area contributed by atoms with Gasteiger partial charge in [0.15, 0.2) is 0 Å². The van der Waals surface area contributed by atoms with Gasteiger partial charge in [-0.15, -0.1) is 0 Å². The highest BCUT2D eigenvalue weighted by atomic mass is 35.5. The molecule has 0 aliphatic rings. The van der Waals surface area contributed by atoms with Crippen molar-refractivity contribution >= 4 is 23.5 Å². The Bertz CT molecular complexity index is 494. The minimum absolute atomic E-state index is 0.253. The lowest BCUT2D eigenvalue weighted by Crippen LogP contribution is -2.49. The number of carboxylic acid groups (broad SMARTS) is 1. The molecule has 5 nitrogen and oxygen atoms in total. The summed E-state index contributed by atoms with van der Waals surface area (Å²) in [5.74, 6) is -1.19. The Balaban J connectivity index is 2.51. The van der Waals surface area contributed by atoms with E-state index in [1.165, 1.54) is 0 Å². The van der Waals surface area contributed by atoms with Gasteiger partial charge >= 0.3 is 5.97 Å². The monoisotopic (exact) mass is 312 g/mol. The molecule has 0 heterocycles. The molecule has 0 aliphatic heterocycles. The summed E-state index contributed by atoms with van der Waals surface area (Å²) in [6.45, 7) is 3.86. The van der Waals surface area contributed by atoms with Crippen LogP contribution >= 0.6 is 11.6 Å². The molecule has 0 spiro atoms. The van der Waals surface area contributed by atoms with Crippen LogP contribution in [0.4, 0.5) is 0 Å². The van der Waals surface area contributed by atoms with Crippen molar-refractivity contribution < 1.29 is 14.7 Å². The lowest BCUT2D eigenvalue weighted by Gasteiger charge is -2.19. The van der Waals surface area contributed by atoms with Crippen LogP contribution in [0.1, 0.15) is 32.3 Å². The molecule has 0 radical (unpaired) electrons. The van der Waals surface area contributed by atoms with Crippen LogP contribution < -0.4 is 10.6 Å². The Labute approximate surface area is 129 Å². The molecule has 116 valence electrons. The third kappa shape index (κ3) is 5.73. The fourth-order valence-electron chi connectivity index (χ4n) is 1.92. The maximum Gasteiger partial charge on any atom is 0.320 e. The van der Waals surface area contributed by atoms with E-state index in [0.29, 0.717) is 18.0 Å². The Kier molecular flexibility index (Phi) is 7.19. The average Bonchev–Trinajstić information content (AvgIpc) is 2.45. The van der Waals surface area contributed by atoms with Crippen LogP contribution in [0.5, 0.6) is 0 Å². The number of carboxylic acids is 1. The summed E-state index contributed by atoms with van der Waals surface area (Å²) in [5, 5.41) is 15.2. The van der Waals surface area contributed by atoms with Crippen molar-refractivity contribution in [2.75, 3.05) is 0 Å². The fraction of sp³-hybridized carbons (Fsp3) is 0.467. The maximum atomic E-state index is 12.0. The van der Waals surface area contributed by atoms with Gasteiger partial charge in [0.25, 0.3) is 0 Å². The van der Waals surface area contributed by atoms with Gasteiger partial charge in [0.1, 0.15) is 6.04 Å². The van der Waals surface area contributed by atoms with Crippen LogP contribution in [-0.4, -0.2) is 29.1 Å². The third-order valence-electron chi connectivity index (χ3n) is 3.13. The van der Waals surface area contributed by atoms with E-state index in [2.05, 4.69) is 10.6 Å². The van der Waals surface area contributed by atoms with Crippen molar-refractivity contribution in [2.45, 2.75) is 45.3 Å². The van der Waals surface area contributed by atoms with E-state index < -0.39 is 18.1 Å². The second-order valence-corrected chi connectivity index (χ2v) is 5.28. The normalized spacial score (nSPS) is 13.5. The van der Waals surface area contributed by atoms with Gasteiger partial charge in [0, 0.05) is 11.6 Å². The van der Waals surface area contributed by atoms with Crippen LogP contribution in [-0.2, 0) is 16.1 Å². The Morgan fingerprint density at radius 3 is 2.57 bits per heavy atom. The molecule has 0 aliphatic carbocycles. The first-order valence-electron chi connectivity index (χ1n) is 6.95. The van der Waals surface area contributed by atoms with Crippen LogP contribution in [0.25, 0.3) is 0 Å². The van der Waals surface area contributed by atoms with Crippen molar-refractivity contribution in [3.05, 3.63) is 34.9 Å². The summed E-state index contributed by atoms with van der Waals surface area (Å²) < 4.78 is 0. The van der Waals surface area contributed by atoms with E-state index in [1.54, 1.807) is 13.0 Å². The van der Waals surface area contributed by atoms with Crippen molar-refractivity contribution in [1.82, 2.24) is 10.6 Å². The zero-order chi connectivity index (χ0) is 15.8. The standard InChI is InChI=1S/C15H21ClN2O3/c1-3-6-13(15(20)21)18-10(2)14(19)17-9-11-7-4-5-8-12(11)16/h4-5,7-8,10,13,18H,3,6,9H2,1-2H3,(H,17,19)(H,20,21). The van der Waals surface area contributed by atoms with E-state index in [4.69, 9.17) is 16.7 Å². The molecule has 1 aromatic carbocycles. The summed E-state index contributed by atoms with van der Waals surface area (Å²) >= 11 is 6.01. The minimum atomic E-state index is -0.942. The van der Waals surface area contributed by atoms with Crippen LogP contribution in [0.15, 0.2) is 24.3 Å². The SMILES string of the molecule is CCCC(NC(C)C(=O)NCc1ccccc1Cl)C(=O)O. The topological polar surface area (TPSA) is 78.4 Å². The highest BCUT2D eigenvalue weighted by Gasteiger charge is 2.22. The number of hydrogen-bond acceptors (Lipinski definition) is 3. The molecule has 0 aromatic heterocycles. The molecule has 0 saturated heterocycles. The molecule has 0 bridgehead atoms. The minimum Gasteiger partial charge on any atom is -0.480 e. The molecule has 1 rings (SSSR count). The van der Waals surface area contributed by atoms with Gasteiger partial charge in [-0.05, 0) is 25.0 Å². The summed E-state index contributed by atoms with van der Waals surface area (Å²) in [7, 11) is 0. The first kappa shape index (κ1) is 17.5. The molecule has 3 N–H and O–H groups in total. The Morgan fingerprint density at radius 1 is 1.33 bits per heavy atom. The lowest BCUT2D eigenvalue weighted by atomic mass is 10.1. The molecule has 1 amide bonds. The number of aliphatic carboxylic acids is 1. The smallest absolute Gasteiger partial charge is 0.320 e. The number of carbonyl (C=O) groups excluding carboxylic acids is 1. The number of nitrogens with one attached hydrogen (secondary N) is 2. The molecule has 2 unspecified atom stereocenters. The second-order valence-electron chi connectivity index (χ2n) is 4.88. The van der Waals surface area contributed by atoms with Gasteiger partial charge in [-0.2, -0.15) is 0 Å². The second kappa shape index (κ2) is 8.64. The molecular formula is C15H21ClN2O3. The van der Waals surface area contributed by atoms with Gasteiger partial charge in [-0.1, -0.05) is 43.1 Å². The van der Waals surface area contributed by atoms with Crippen molar-refractivity contribution in [1.29, 1.82) is 0 Å². The van der Waals surface area contributed by atoms with Crippen LogP contribution in [0.3, 0.4) is 0 Å². The van der Waals surface area contributed by atoms with Crippen molar-refractivity contribution in [3.63, 3.8) is 0 Å². The van der Waals surface area contributed by atoms with Crippen LogP contribution in [0, 0.1) is 0 Å². The van der Waals surface area contributed by atoms with Gasteiger partial charge in [0.05, 0.1) is 6.04 Å². The van der Waals surface area contributed by atoms with E-state index in [9.17, 15) is 9.59 Å². The fourth-order valence-corrected chi connectivity index (χ4v) is 2.12. The zero-order valence-electron chi connectivity index (χ0n) is 12.2. The third-order valence-corrected chi connectivity index (χ3v) is 3.50. The molecule has 21 heavy (non-hydrogen) atoms. The summed E-state index contributed by atoms with van der Waals surface area (Å²) in [4.78, 5) is 23.0. The summed E-state index contributed by atoms with van der Waals surface area (Å²) in [6, 6.07) is 5.96. The lowest BCUT2D eigenvalue weighted by molar-refractivity contribution is -0.140. The largest absolute Gasteiger partial charge is 0.480 e. The van der Waals surface area contributed by atoms with Crippen molar-refractivity contribution in [3.8, 4) is 0 Å². The van der Waals surface area contributed by atoms with E-state index in [0.717, 1.165) is 12.0 Å². The maximum absolute atomic E-state index is 12.0. The number of hydrogen-bond donors (Lipinski definition) is 3. The van der Waals surface area contributed by atoms with E-state index in [-0.39, 0.29) is 5.91 Å². The van der Waals surface area contributed by atoms with Gasteiger partial charge < -0.3 is 10.4 Å². The number of rotatable bonds is 8. The van der Waals surface area contributed by atoms with Crippen LogP contribution in [0.2, 0.25) is 5.02 Å².